The van der Waals surface area contributed by atoms with Gasteiger partial charge in [0.1, 0.15) is 0 Å². The topological polar surface area (TPSA) is 41.5 Å². The summed E-state index contributed by atoms with van der Waals surface area (Å²) in [4.78, 5) is 12.6. The standard InChI is InChI=1S/C15H12BrClN2OS/c16-11-5-3-10(4-6-11)14(9-1-2-9)18-19-15(20)12-7-8-13(17)21-12/h3-9H,1-2H2,(H,19,20)/b18-14+. The van der Waals surface area contributed by atoms with Crippen LogP contribution < -0.4 is 5.43 Å². The van der Waals surface area contributed by atoms with E-state index in [1.165, 1.54) is 11.3 Å². The van der Waals surface area contributed by atoms with Gasteiger partial charge < -0.3 is 0 Å². The molecule has 0 radical (unpaired) electrons. The van der Waals surface area contributed by atoms with Crippen LogP contribution in [0.15, 0.2) is 46.0 Å². The molecule has 1 aliphatic rings. The highest BCUT2D eigenvalue weighted by Crippen LogP contribution is 2.33. The number of thiophene rings is 1. The Kier molecular flexibility index (Phi) is 4.42. The summed E-state index contributed by atoms with van der Waals surface area (Å²) in [6.07, 6.45) is 2.24. The average molecular weight is 384 g/mol. The van der Waals surface area contributed by atoms with Crippen molar-refractivity contribution in [1.82, 2.24) is 5.43 Å². The molecule has 0 aliphatic heterocycles. The van der Waals surface area contributed by atoms with Crippen LogP contribution in [0.25, 0.3) is 0 Å². The molecule has 0 unspecified atom stereocenters. The molecule has 0 spiro atoms. The lowest BCUT2D eigenvalue weighted by Gasteiger charge is -2.06. The van der Waals surface area contributed by atoms with E-state index in [-0.39, 0.29) is 5.91 Å². The summed E-state index contributed by atoms with van der Waals surface area (Å²) in [5, 5.41) is 4.34. The quantitative estimate of drug-likeness (QED) is 0.603. The molecule has 1 aromatic carbocycles. The normalized spacial score (nSPS) is 15.0. The molecule has 0 bridgehead atoms. The Morgan fingerprint density at radius 3 is 2.52 bits per heavy atom. The van der Waals surface area contributed by atoms with Crippen LogP contribution in [0.2, 0.25) is 4.34 Å². The molecule has 2 aromatic rings. The maximum absolute atomic E-state index is 12.0. The molecule has 6 heteroatoms. The third kappa shape index (κ3) is 3.73. The van der Waals surface area contributed by atoms with E-state index < -0.39 is 0 Å². The van der Waals surface area contributed by atoms with Gasteiger partial charge in [0.05, 0.1) is 14.9 Å². The lowest BCUT2D eigenvalue weighted by atomic mass is 10.1. The van der Waals surface area contributed by atoms with E-state index >= 15 is 0 Å². The zero-order chi connectivity index (χ0) is 14.8. The maximum Gasteiger partial charge on any atom is 0.281 e. The number of halogens is 2. The number of carbonyl (C=O) groups excluding carboxylic acids is 1. The number of hydrazone groups is 1. The van der Waals surface area contributed by atoms with Gasteiger partial charge in [-0.05, 0) is 42.7 Å². The first kappa shape index (κ1) is 14.8. The van der Waals surface area contributed by atoms with Crippen LogP contribution in [-0.4, -0.2) is 11.6 Å². The van der Waals surface area contributed by atoms with Gasteiger partial charge in [-0.15, -0.1) is 11.3 Å². The Bertz CT molecular complexity index is 692. The minimum atomic E-state index is -0.220. The first-order chi connectivity index (χ1) is 10.1. The highest BCUT2D eigenvalue weighted by molar-refractivity contribution is 9.10. The maximum atomic E-state index is 12.0. The molecule has 21 heavy (non-hydrogen) atoms. The Morgan fingerprint density at radius 2 is 1.95 bits per heavy atom. The minimum absolute atomic E-state index is 0.220. The number of amides is 1. The highest BCUT2D eigenvalue weighted by Gasteiger charge is 2.29. The predicted octanol–water partition coefficient (Wildman–Crippen LogP) is 4.71. The molecule has 1 aliphatic carbocycles. The number of benzene rings is 1. The number of hydrogen-bond donors (Lipinski definition) is 1. The molecule has 0 atom stereocenters. The largest absolute Gasteiger partial charge is 0.281 e. The summed E-state index contributed by atoms with van der Waals surface area (Å²) in [5.41, 5.74) is 4.63. The molecule has 1 saturated carbocycles. The van der Waals surface area contributed by atoms with Gasteiger partial charge in [0, 0.05) is 10.4 Å². The Morgan fingerprint density at radius 1 is 1.24 bits per heavy atom. The molecule has 1 N–H and O–H groups in total. The molecular weight excluding hydrogens is 372 g/mol. The second kappa shape index (κ2) is 6.30. The monoisotopic (exact) mass is 382 g/mol. The molecule has 1 amide bonds. The second-order valence-electron chi connectivity index (χ2n) is 4.82. The molecule has 1 fully saturated rings. The van der Waals surface area contributed by atoms with Crippen LogP contribution >= 0.6 is 38.9 Å². The van der Waals surface area contributed by atoms with Crippen molar-refractivity contribution in [2.24, 2.45) is 11.0 Å². The van der Waals surface area contributed by atoms with Crippen molar-refractivity contribution in [3.8, 4) is 0 Å². The molecule has 0 saturated heterocycles. The molecule has 3 nitrogen and oxygen atoms in total. The van der Waals surface area contributed by atoms with E-state index in [4.69, 9.17) is 11.6 Å². The average Bonchev–Trinajstić information content (AvgIpc) is 3.22. The Labute approximate surface area is 140 Å². The molecule has 1 aromatic heterocycles. The van der Waals surface area contributed by atoms with E-state index in [0.29, 0.717) is 15.1 Å². The number of hydrogen-bond acceptors (Lipinski definition) is 3. The first-order valence-electron chi connectivity index (χ1n) is 6.52. The first-order valence-corrected chi connectivity index (χ1v) is 8.51. The molecule has 3 rings (SSSR count). The van der Waals surface area contributed by atoms with Gasteiger partial charge in [-0.2, -0.15) is 5.10 Å². The van der Waals surface area contributed by atoms with Crippen molar-refractivity contribution < 1.29 is 4.79 Å². The van der Waals surface area contributed by atoms with Gasteiger partial charge >= 0.3 is 0 Å². The van der Waals surface area contributed by atoms with E-state index in [1.807, 2.05) is 24.3 Å². The fraction of sp³-hybridized carbons (Fsp3) is 0.200. The van der Waals surface area contributed by atoms with Crippen molar-refractivity contribution in [3.63, 3.8) is 0 Å². The number of nitrogens with zero attached hydrogens (tertiary/aromatic N) is 1. The zero-order valence-electron chi connectivity index (χ0n) is 11.0. The lowest BCUT2D eigenvalue weighted by molar-refractivity contribution is 0.0959. The van der Waals surface area contributed by atoms with Gasteiger partial charge in [-0.3, -0.25) is 4.79 Å². The van der Waals surface area contributed by atoms with Crippen LogP contribution in [0.1, 0.15) is 28.1 Å². The Balaban J connectivity index is 1.78. The fourth-order valence-corrected chi connectivity index (χ4v) is 3.17. The van der Waals surface area contributed by atoms with Crippen LogP contribution in [0.4, 0.5) is 0 Å². The third-order valence-corrected chi connectivity index (χ3v) is 4.94. The summed E-state index contributed by atoms with van der Waals surface area (Å²) in [5.74, 6) is 0.223. The van der Waals surface area contributed by atoms with Crippen LogP contribution in [0.5, 0.6) is 0 Å². The number of nitrogens with one attached hydrogen (secondary N) is 1. The molecule has 108 valence electrons. The second-order valence-corrected chi connectivity index (χ2v) is 7.45. The van der Waals surface area contributed by atoms with E-state index in [1.54, 1.807) is 12.1 Å². The summed E-state index contributed by atoms with van der Waals surface area (Å²) in [7, 11) is 0. The van der Waals surface area contributed by atoms with Crippen molar-refractivity contribution in [1.29, 1.82) is 0 Å². The van der Waals surface area contributed by atoms with E-state index in [2.05, 4.69) is 26.5 Å². The predicted molar refractivity (Wildman–Crippen MR) is 90.2 cm³/mol. The van der Waals surface area contributed by atoms with Crippen molar-refractivity contribution in [2.75, 3.05) is 0 Å². The Hall–Kier alpha value is -1.17. The summed E-state index contributed by atoms with van der Waals surface area (Å²) >= 11 is 10.5. The van der Waals surface area contributed by atoms with Crippen molar-refractivity contribution in [2.45, 2.75) is 12.8 Å². The molecule has 1 heterocycles. The summed E-state index contributed by atoms with van der Waals surface area (Å²) in [6.45, 7) is 0. The van der Waals surface area contributed by atoms with Crippen molar-refractivity contribution >= 4 is 50.5 Å². The SMILES string of the molecule is O=C(N/N=C(/c1ccc(Br)cc1)C1CC1)c1ccc(Cl)s1. The highest BCUT2D eigenvalue weighted by atomic mass is 79.9. The third-order valence-electron chi connectivity index (χ3n) is 3.18. The lowest BCUT2D eigenvalue weighted by Crippen LogP contribution is -2.20. The minimum Gasteiger partial charge on any atom is -0.266 e. The van der Waals surface area contributed by atoms with Crippen LogP contribution in [0.3, 0.4) is 0 Å². The van der Waals surface area contributed by atoms with Gasteiger partial charge in [0.15, 0.2) is 0 Å². The number of rotatable bonds is 4. The smallest absolute Gasteiger partial charge is 0.266 e. The molecular formula is C15H12BrClN2OS. The van der Waals surface area contributed by atoms with Crippen LogP contribution in [-0.2, 0) is 0 Å². The number of carbonyl (C=O) groups is 1. The fourth-order valence-electron chi connectivity index (χ4n) is 1.97. The van der Waals surface area contributed by atoms with Gasteiger partial charge in [-0.1, -0.05) is 39.7 Å². The van der Waals surface area contributed by atoms with Gasteiger partial charge in [0.2, 0.25) is 0 Å². The summed E-state index contributed by atoms with van der Waals surface area (Å²) < 4.78 is 1.62. The van der Waals surface area contributed by atoms with E-state index in [0.717, 1.165) is 28.6 Å². The van der Waals surface area contributed by atoms with Crippen molar-refractivity contribution in [3.05, 3.63) is 55.6 Å². The summed E-state index contributed by atoms with van der Waals surface area (Å²) in [6, 6.07) is 11.4. The van der Waals surface area contributed by atoms with E-state index in [9.17, 15) is 4.79 Å². The van der Waals surface area contributed by atoms with Crippen LogP contribution in [0, 0.1) is 5.92 Å². The zero-order valence-corrected chi connectivity index (χ0v) is 14.1. The van der Waals surface area contributed by atoms with Gasteiger partial charge in [-0.25, -0.2) is 5.43 Å². The van der Waals surface area contributed by atoms with Gasteiger partial charge in [0.25, 0.3) is 5.91 Å².